The van der Waals surface area contributed by atoms with Gasteiger partial charge in [0.15, 0.2) is 0 Å². The van der Waals surface area contributed by atoms with Crippen LogP contribution in [0.1, 0.15) is 45.1 Å². The maximum absolute atomic E-state index is 6.19. The molecule has 1 aromatic rings. The van der Waals surface area contributed by atoms with Crippen molar-refractivity contribution in [1.29, 1.82) is 0 Å². The molecular formula is C14H21ClN2O. The Bertz CT molecular complexity index is 393. The number of hydrogen-bond donors (Lipinski definition) is 1. The van der Waals surface area contributed by atoms with Gasteiger partial charge in [0.2, 0.25) is 5.88 Å². The number of pyridine rings is 1. The Morgan fingerprint density at radius 1 is 1.56 bits per heavy atom. The maximum Gasteiger partial charge on any atom is 0.232 e. The van der Waals surface area contributed by atoms with E-state index in [-0.39, 0.29) is 6.10 Å². The Morgan fingerprint density at radius 3 is 2.94 bits per heavy atom. The Hall–Kier alpha value is -0.800. The summed E-state index contributed by atoms with van der Waals surface area (Å²) >= 11 is 6.19. The topological polar surface area (TPSA) is 34.1 Å². The van der Waals surface area contributed by atoms with E-state index in [1.165, 1.54) is 12.8 Å². The van der Waals surface area contributed by atoms with Gasteiger partial charge in [-0.25, -0.2) is 4.98 Å². The second kappa shape index (κ2) is 6.39. The second-order valence-electron chi connectivity index (χ2n) is 5.00. The number of ether oxygens (including phenoxy) is 1. The third kappa shape index (κ3) is 4.14. The molecule has 1 unspecified atom stereocenters. The largest absolute Gasteiger partial charge is 0.474 e. The summed E-state index contributed by atoms with van der Waals surface area (Å²) < 4.78 is 5.71. The first-order valence-corrected chi connectivity index (χ1v) is 7.11. The van der Waals surface area contributed by atoms with Gasteiger partial charge >= 0.3 is 0 Å². The minimum Gasteiger partial charge on any atom is -0.474 e. The molecule has 0 bridgehead atoms. The summed E-state index contributed by atoms with van der Waals surface area (Å²) in [4.78, 5) is 4.30. The summed E-state index contributed by atoms with van der Waals surface area (Å²) in [5, 5.41) is 4.05. The quantitative estimate of drug-likeness (QED) is 0.821. The highest BCUT2D eigenvalue weighted by molar-refractivity contribution is 6.31. The molecule has 3 nitrogen and oxygen atoms in total. The Balaban J connectivity index is 1.90. The lowest BCUT2D eigenvalue weighted by atomic mass is 10.2. The fourth-order valence-electron chi connectivity index (χ4n) is 1.85. The number of aromatic nitrogens is 1. The summed E-state index contributed by atoms with van der Waals surface area (Å²) in [7, 11) is 0. The van der Waals surface area contributed by atoms with Crippen molar-refractivity contribution >= 4 is 11.6 Å². The van der Waals surface area contributed by atoms with Crippen molar-refractivity contribution in [3.8, 4) is 5.88 Å². The molecule has 1 atom stereocenters. The van der Waals surface area contributed by atoms with Gasteiger partial charge in [0.1, 0.15) is 5.02 Å². The van der Waals surface area contributed by atoms with Crippen LogP contribution >= 0.6 is 11.6 Å². The molecule has 0 aliphatic heterocycles. The first-order valence-electron chi connectivity index (χ1n) is 6.73. The predicted molar refractivity (Wildman–Crippen MR) is 74.1 cm³/mol. The molecule has 100 valence electrons. The highest BCUT2D eigenvalue weighted by Crippen LogP contribution is 2.25. The molecule has 4 heteroatoms. The third-order valence-electron chi connectivity index (χ3n) is 3.04. The summed E-state index contributed by atoms with van der Waals surface area (Å²) in [6, 6.07) is 2.64. The average molecular weight is 269 g/mol. The molecule has 2 rings (SSSR count). The van der Waals surface area contributed by atoms with Crippen LogP contribution in [0.5, 0.6) is 5.88 Å². The molecule has 1 fully saturated rings. The number of halogens is 1. The van der Waals surface area contributed by atoms with E-state index in [1.54, 1.807) is 0 Å². The van der Waals surface area contributed by atoms with Crippen LogP contribution in [0.2, 0.25) is 5.02 Å². The molecule has 1 aromatic heterocycles. The average Bonchev–Trinajstić information content (AvgIpc) is 3.14. The van der Waals surface area contributed by atoms with Crippen molar-refractivity contribution in [2.24, 2.45) is 0 Å². The van der Waals surface area contributed by atoms with Crippen molar-refractivity contribution in [2.75, 3.05) is 0 Å². The van der Waals surface area contributed by atoms with E-state index in [0.717, 1.165) is 24.9 Å². The van der Waals surface area contributed by atoms with Gasteiger partial charge in [0.05, 0.1) is 6.10 Å². The van der Waals surface area contributed by atoms with Crippen LogP contribution in [0.3, 0.4) is 0 Å². The van der Waals surface area contributed by atoms with E-state index < -0.39 is 0 Å². The van der Waals surface area contributed by atoms with Gasteiger partial charge in [-0.05, 0) is 37.8 Å². The molecule has 0 spiro atoms. The molecule has 1 aliphatic rings. The molecule has 0 saturated heterocycles. The molecule has 1 heterocycles. The third-order valence-corrected chi connectivity index (χ3v) is 3.32. The first kappa shape index (κ1) is 13.6. The van der Waals surface area contributed by atoms with E-state index in [1.807, 2.05) is 19.2 Å². The molecule has 0 aromatic carbocycles. The molecule has 18 heavy (non-hydrogen) atoms. The number of nitrogens with one attached hydrogen (secondary N) is 1. The van der Waals surface area contributed by atoms with Gasteiger partial charge in [-0.1, -0.05) is 24.9 Å². The molecule has 0 radical (unpaired) electrons. The summed E-state index contributed by atoms with van der Waals surface area (Å²) in [5.74, 6) is 0.549. The SMILES string of the molecule is CCCC(C)Oc1ncc(CNC2CC2)cc1Cl. The highest BCUT2D eigenvalue weighted by atomic mass is 35.5. The summed E-state index contributed by atoms with van der Waals surface area (Å²) in [6.07, 6.45) is 6.70. The fourth-order valence-corrected chi connectivity index (χ4v) is 2.09. The number of rotatable bonds is 7. The lowest BCUT2D eigenvalue weighted by Crippen LogP contribution is -2.16. The lowest BCUT2D eigenvalue weighted by Gasteiger charge is -2.14. The first-order chi connectivity index (χ1) is 8.69. The van der Waals surface area contributed by atoms with E-state index >= 15 is 0 Å². The minimum absolute atomic E-state index is 0.162. The monoisotopic (exact) mass is 268 g/mol. The van der Waals surface area contributed by atoms with Gasteiger partial charge in [-0.3, -0.25) is 0 Å². The standard InChI is InChI=1S/C14H21ClN2O/c1-3-4-10(2)18-14-13(15)7-11(9-17-14)8-16-12-5-6-12/h7,9-10,12,16H,3-6,8H2,1-2H3. The number of hydrogen-bond acceptors (Lipinski definition) is 3. The smallest absolute Gasteiger partial charge is 0.232 e. The van der Waals surface area contributed by atoms with Crippen molar-refractivity contribution in [3.63, 3.8) is 0 Å². The van der Waals surface area contributed by atoms with E-state index in [9.17, 15) is 0 Å². The lowest BCUT2D eigenvalue weighted by molar-refractivity contribution is 0.201. The van der Waals surface area contributed by atoms with Crippen molar-refractivity contribution < 1.29 is 4.74 Å². The highest BCUT2D eigenvalue weighted by Gasteiger charge is 2.20. The Labute approximate surface area is 114 Å². The van der Waals surface area contributed by atoms with Crippen molar-refractivity contribution in [3.05, 3.63) is 22.8 Å². The van der Waals surface area contributed by atoms with Crippen LogP contribution in [0.25, 0.3) is 0 Å². The van der Waals surface area contributed by atoms with Crippen LogP contribution < -0.4 is 10.1 Å². The Kier molecular flexibility index (Phi) is 4.84. The van der Waals surface area contributed by atoms with Gasteiger partial charge in [-0.15, -0.1) is 0 Å². The van der Waals surface area contributed by atoms with Crippen LogP contribution in [0.4, 0.5) is 0 Å². The molecular weight excluding hydrogens is 248 g/mol. The fraction of sp³-hybridized carbons (Fsp3) is 0.643. The van der Waals surface area contributed by atoms with Gasteiger partial charge in [-0.2, -0.15) is 0 Å². The van der Waals surface area contributed by atoms with Crippen LogP contribution in [0.15, 0.2) is 12.3 Å². The van der Waals surface area contributed by atoms with Gasteiger partial charge in [0, 0.05) is 18.8 Å². The number of nitrogens with zero attached hydrogens (tertiary/aromatic N) is 1. The zero-order valence-electron chi connectivity index (χ0n) is 11.1. The van der Waals surface area contributed by atoms with Crippen LogP contribution in [0, 0.1) is 0 Å². The van der Waals surface area contributed by atoms with E-state index in [0.29, 0.717) is 16.9 Å². The van der Waals surface area contributed by atoms with Gasteiger partial charge < -0.3 is 10.1 Å². The zero-order valence-corrected chi connectivity index (χ0v) is 11.8. The van der Waals surface area contributed by atoms with E-state index in [2.05, 4.69) is 17.2 Å². The Morgan fingerprint density at radius 2 is 2.33 bits per heavy atom. The van der Waals surface area contributed by atoms with Gasteiger partial charge in [0.25, 0.3) is 0 Å². The molecule has 1 saturated carbocycles. The van der Waals surface area contributed by atoms with Crippen LogP contribution in [-0.2, 0) is 6.54 Å². The van der Waals surface area contributed by atoms with Crippen molar-refractivity contribution in [2.45, 2.75) is 58.2 Å². The maximum atomic E-state index is 6.19. The van der Waals surface area contributed by atoms with Crippen LogP contribution in [-0.4, -0.2) is 17.1 Å². The van der Waals surface area contributed by atoms with Crippen molar-refractivity contribution in [1.82, 2.24) is 10.3 Å². The summed E-state index contributed by atoms with van der Waals surface area (Å²) in [5.41, 5.74) is 1.11. The summed E-state index contributed by atoms with van der Waals surface area (Å²) in [6.45, 7) is 5.02. The molecule has 1 N–H and O–H groups in total. The molecule has 0 amide bonds. The van der Waals surface area contributed by atoms with E-state index in [4.69, 9.17) is 16.3 Å². The molecule has 1 aliphatic carbocycles. The normalized spacial score (nSPS) is 16.6. The minimum atomic E-state index is 0.162. The predicted octanol–water partition coefficient (Wildman–Crippen LogP) is 3.55. The zero-order chi connectivity index (χ0) is 13.0. The second-order valence-corrected chi connectivity index (χ2v) is 5.41.